The molecule has 0 aromatic heterocycles. The lowest BCUT2D eigenvalue weighted by Crippen LogP contribution is -2.41. The number of primary amides is 1. The van der Waals surface area contributed by atoms with Crippen LogP contribution in [0.15, 0.2) is 48.5 Å². The van der Waals surface area contributed by atoms with Crippen molar-refractivity contribution in [3.8, 4) is 6.07 Å². The maximum atomic E-state index is 13.0. The molecule has 0 aliphatic carbocycles. The highest BCUT2D eigenvalue weighted by atomic mass is 16.2. The van der Waals surface area contributed by atoms with Crippen molar-refractivity contribution in [1.29, 1.82) is 5.26 Å². The number of nitriles is 1. The predicted molar refractivity (Wildman–Crippen MR) is 92.6 cm³/mol. The van der Waals surface area contributed by atoms with E-state index in [4.69, 9.17) is 5.73 Å². The molecule has 4 amide bonds. The van der Waals surface area contributed by atoms with E-state index in [0.717, 1.165) is 4.90 Å². The number of hydrogen-bond donors (Lipinski definition) is 2. The van der Waals surface area contributed by atoms with Crippen molar-refractivity contribution < 1.29 is 14.4 Å². The van der Waals surface area contributed by atoms with Gasteiger partial charge in [0.05, 0.1) is 18.2 Å². The molecule has 26 heavy (non-hydrogen) atoms. The van der Waals surface area contributed by atoms with Crippen LogP contribution in [-0.2, 0) is 16.9 Å². The molecule has 7 heteroatoms. The lowest BCUT2D eigenvalue weighted by Gasteiger charge is -2.22. The van der Waals surface area contributed by atoms with E-state index in [9.17, 15) is 19.6 Å². The molecule has 3 N–H and O–H groups in total. The first-order valence-electron chi connectivity index (χ1n) is 7.89. The number of imide groups is 1. The zero-order valence-electron chi connectivity index (χ0n) is 14.0. The van der Waals surface area contributed by atoms with E-state index in [2.05, 4.69) is 11.4 Å². The summed E-state index contributed by atoms with van der Waals surface area (Å²) in [6.45, 7) is 1.56. The molecule has 1 heterocycles. The van der Waals surface area contributed by atoms with Gasteiger partial charge in [0.1, 0.15) is 5.54 Å². The summed E-state index contributed by atoms with van der Waals surface area (Å²) >= 11 is 0. The van der Waals surface area contributed by atoms with Gasteiger partial charge in [-0.3, -0.25) is 14.5 Å². The predicted octanol–water partition coefficient (Wildman–Crippen LogP) is 1.62. The van der Waals surface area contributed by atoms with Crippen molar-refractivity contribution in [3.63, 3.8) is 0 Å². The molecule has 7 nitrogen and oxygen atoms in total. The fourth-order valence-corrected chi connectivity index (χ4v) is 2.96. The number of nitrogens with one attached hydrogen (secondary N) is 1. The summed E-state index contributed by atoms with van der Waals surface area (Å²) in [5.74, 6) is -1.08. The molecule has 0 saturated carbocycles. The van der Waals surface area contributed by atoms with Crippen LogP contribution in [0.2, 0.25) is 0 Å². The minimum Gasteiger partial charge on any atom is -0.366 e. The molecule has 0 bridgehead atoms. The van der Waals surface area contributed by atoms with Gasteiger partial charge < -0.3 is 11.1 Å². The summed E-state index contributed by atoms with van der Waals surface area (Å²) in [5, 5.41) is 11.9. The quantitative estimate of drug-likeness (QED) is 0.817. The smallest absolute Gasteiger partial charge is 0.325 e. The van der Waals surface area contributed by atoms with Gasteiger partial charge in [0, 0.05) is 5.56 Å². The Morgan fingerprint density at radius 2 is 1.96 bits per heavy atom. The van der Waals surface area contributed by atoms with E-state index in [1.54, 1.807) is 43.3 Å². The van der Waals surface area contributed by atoms with Gasteiger partial charge in [0.25, 0.3) is 5.91 Å². The number of amides is 4. The second-order valence-electron chi connectivity index (χ2n) is 6.16. The molecule has 0 spiro atoms. The third kappa shape index (κ3) is 2.78. The van der Waals surface area contributed by atoms with Gasteiger partial charge in [0.2, 0.25) is 5.91 Å². The number of urea groups is 1. The van der Waals surface area contributed by atoms with E-state index in [1.165, 1.54) is 12.1 Å². The maximum Gasteiger partial charge on any atom is 0.325 e. The number of nitrogens with zero attached hydrogens (tertiary/aromatic N) is 2. The highest BCUT2D eigenvalue weighted by molar-refractivity contribution is 6.07. The fraction of sp³-hybridized carbons (Fsp3) is 0.158. The topological polar surface area (TPSA) is 116 Å². The van der Waals surface area contributed by atoms with Gasteiger partial charge in [-0.2, -0.15) is 5.26 Å². The fourth-order valence-electron chi connectivity index (χ4n) is 2.96. The first-order chi connectivity index (χ1) is 12.4. The number of carbonyl (C=O) groups excluding carboxylic acids is 3. The molecule has 2 aromatic carbocycles. The van der Waals surface area contributed by atoms with Crippen molar-refractivity contribution >= 4 is 17.8 Å². The van der Waals surface area contributed by atoms with E-state index < -0.39 is 23.4 Å². The Morgan fingerprint density at radius 3 is 2.65 bits per heavy atom. The Morgan fingerprint density at radius 1 is 1.23 bits per heavy atom. The lowest BCUT2D eigenvalue weighted by molar-refractivity contribution is -0.131. The number of hydrogen-bond acceptors (Lipinski definition) is 4. The van der Waals surface area contributed by atoms with Crippen molar-refractivity contribution in [3.05, 3.63) is 70.8 Å². The molecule has 1 fully saturated rings. The minimum atomic E-state index is -1.32. The summed E-state index contributed by atoms with van der Waals surface area (Å²) in [5.41, 5.74) is 5.67. The van der Waals surface area contributed by atoms with Crippen molar-refractivity contribution in [1.82, 2.24) is 10.2 Å². The number of benzene rings is 2. The van der Waals surface area contributed by atoms with Gasteiger partial charge >= 0.3 is 6.03 Å². The average Bonchev–Trinajstić information content (AvgIpc) is 2.86. The molecule has 1 saturated heterocycles. The molecule has 1 atom stereocenters. The summed E-state index contributed by atoms with van der Waals surface area (Å²) in [6.07, 6.45) is 0. The van der Waals surface area contributed by atoms with E-state index in [1.807, 2.05) is 0 Å². The van der Waals surface area contributed by atoms with E-state index in [0.29, 0.717) is 16.7 Å². The molecule has 0 radical (unpaired) electrons. The average molecular weight is 348 g/mol. The summed E-state index contributed by atoms with van der Waals surface area (Å²) in [4.78, 5) is 37.8. The molecule has 3 rings (SSSR count). The molecule has 1 unspecified atom stereocenters. The number of nitrogens with two attached hydrogens (primary N) is 1. The minimum absolute atomic E-state index is 0.0144. The van der Waals surface area contributed by atoms with Crippen LogP contribution in [-0.4, -0.2) is 22.7 Å². The Bertz CT molecular complexity index is 963. The highest BCUT2D eigenvalue weighted by Crippen LogP contribution is 2.30. The van der Waals surface area contributed by atoms with Crippen LogP contribution in [0.5, 0.6) is 0 Å². The highest BCUT2D eigenvalue weighted by Gasteiger charge is 2.49. The van der Waals surface area contributed by atoms with Gasteiger partial charge in [0.15, 0.2) is 0 Å². The van der Waals surface area contributed by atoms with Crippen molar-refractivity contribution in [2.45, 2.75) is 19.0 Å². The van der Waals surface area contributed by atoms with Crippen molar-refractivity contribution in [2.75, 3.05) is 0 Å². The van der Waals surface area contributed by atoms with Crippen LogP contribution < -0.4 is 11.1 Å². The summed E-state index contributed by atoms with van der Waals surface area (Å²) < 4.78 is 0. The van der Waals surface area contributed by atoms with E-state index in [-0.39, 0.29) is 12.1 Å². The monoisotopic (exact) mass is 348 g/mol. The van der Waals surface area contributed by atoms with E-state index >= 15 is 0 Å². The Labute approximate surface area is 150 Å². The Balaban J connectivity index is 1.95. The second-order valence-corrected chi connectivity index (χ2v) is 6.16. The van der Waals surface area contributed by atoms with Crippen LogP contribution in [0, 0.1) is 11.3 Å². The molecule has 130 valence electrons. The molecule has 2 aromatic rings. The Kier molecular flexibility index (Phi) is 4.18. The normalized spacial score (nSPS) is 19.2. The number of carbonyl (C=O) groups is 3. The van der Waals surface area contributed by atoms with Crippen molar-refractivity contribution in [2.24, 2.45) is 5.73 Å². The van der Waals surface area contributed by atoms with Crippen LogP contribution >= 0.6 is 0 Å². The molecular formula is C19H16N4O3. The molecular weight excluding hydrogens is 332 g/mol. The third-order valence-electron chi connectivity index (χ3n) is 4.47. The number of rotatable bonds is 4. The van der Waals surface area contributed by atoms with Crippen LogP contribution in [0.4, 0.5) is 4.79 Å². The van der Waals surface area contributed by atoms with Crippen LogP contribution in [0.1, 0.15) is 34.0 Å². The molecule has 1 aliphatic rings. The summed E-state index contributed by atoms with van der Waals surface area (Å²) in [6, 6.07) is 14.6. The zero-order valence-corrected chi connectivity index (χ0v) is 14.0. The first kappa shape index (κ1) is 17.2. The SMILES string of the molecule is CC1(c2cccc(C(N)=O)c2)NC(=O)N(Cc2ccccc2C#N)C1=O. The first-order valence-corrected chi connectivity index (χ1v) is 7.89. The second kappa shape index (κ2) is 6.33. The molecule has 1 aliphatic heterocycles. The van der Waals surface area contributed by atoms with Crippen LogP contribution in [0.25, 0.3) is 0 Å². The zero-order chi connectivity index (χ0) is 18.9. The third-order valence-corrected chi connectivity index (χ3v) is 4.47. The maximum absolute atomic E-state index is 13.0. The van der Waals surface area contributed by atoms with Gasteiger partial charge in [-0.15, -0.1) is 0 Å². The Hall–Kier alpha value is -3.66. The largest absolute Gasteiger partial charge is 0.366 e. The van der Waals surface area contributed by atoms with Gasteiger partial charge in [-0.1, -0.05) is 30.3 Å². The standard InChI is InChI=1S/C19H16N4O3/c1-19(15-8-4-7-12(9-15)16(21)24)17(25)23(18(26)22-19)11-14-6-3-2-5-13(14)10-20/h2-9H,11H2,1H3,(H2,21,24)(H,22,26). The van der Waals surface area contributed by atoms with Gasteiger partial charge in [-0.25, -0.2) is 4.79 Å². The van der Waals surface area contributed by atoms with Crippen LogP contribution in [0.3, 0.4) is 0 Å². The lowest BCUT2D eigenvalue weighted by atomic mass is 9.90. The summed E-state index contributed by atoms with van der Waals surface area (Å²) in [7, 11) is 0. The van der Waals surface area contributed by atoms with Gasteiger partial charge in [-0.05, 0) is 36.2 Å².